The maximum Gasteiger partial charge on any atom is 0.317 e. The van der Waals surface area contributed by atoms with Crippen LogP contribution in [0.3, 0.4) is 0 Å². The quantitative estimate of drug-likeness (QED) is 0.506. The Morgan fingerprint density at radius 1 is 1.31 bits per heavy atom. The minimum Gasteiger partial charge on any atom is -0.493 e. The van der Waals surface area contributed by atoms with Gasteiger partial charge >= 0.3 is 5.88 Å². The predicted octanol–water partition coefficient (Wildman–Crippen LogP) is 3.65. The normalized spacial score (nSPS) is 19.7. The average Bonchev–Trinajstić information content (AvgIpc) is 3.05. The zero-order chi connectivity index (χ0) is 24.2. The van der Waals surface area contributed by atoms with Gasteiger partial charge in [0.15, 0.2) is 17.2 Å². The van der Waals surface area contributed by atoms with Crippen molar-refractivity contribution in [2.45, 2.75) is 17.8 Å². The van der Waals surface area contributed by atoms with Crippen molar-refractivity contribution in [1.82, 2.24) is 9.88 Å². The molecule has 1 aromatic carbocycles. The van der Waals surface area contributed by atoms with Crippen LogP contribution in [0, 0.1) is 0 Å². The van der Waals surface area contributed by atoms with E-state index in [-0.39, 0.29) is 17.1 Å². The summed E-state index contributed by atoms with van der Waals surface area (Å²) >= 11 is 3.41. The van der Waals surface area contributed by atoms with E-state index in [4.69, 9.17) is 18.9 Å². The van der Waals surface area contributed by atoms with Gasteiger partial charge in [-0.05, 0) is 17.1 Å². The Hall–Kier alpha value is -2.89. The molecule has 1 unspecified atom stereocenters. The molecule has 9 nitrogen and oxygen atoms in total. The third-order valence-electron chi connectivity index (χ3n) is 6.03. The summed E-state index contributed by atoms with van der Waals surface area (Å²) in [6.07, 6.45) is 5.39. The van der Waals surface area contributed by atoms with Gasteiger partial charge in [-0.2, -0.15) is 0 Å². The lowest BCUT2D eigenvalue weighted by Crippen LogP contribution is -2.38. The number of hydrogen-bond acceptors (Lipinski definition) is 8. The second kappa shape index (κ2) is 10.8. The van der Waals surface area contributed by atoms with Gasteiger partial charge < -0.3 is 29.6 Å². The fourth-order valence-electron chi connectivity index (χ4n) is 4.11. The Morgan fingerprint density at radius 3 is 2.97 bits per heavy atom. The molecule has 0 amide bonds. The van der Waals surface area contributed by atoms with E-state index in [9.17, 15) is 4.39 Å². The number of rotatable bonds is 7. The number of halogens is 2. The monoisotopic (exact) mass is 548 g/mol. The summed E-state index contributed by atoms with van der Waals surface area (Å²) in [5.41, 5.74) is 1.87. The number of methoxy groups -OCH3 is 1. The number of morpholine rings is 1. The Bertz CT molecular complexity index is 1140. The van der Waals surface area contributed by atoms with Gasteiger partial charge in [0.2, 0.25) is 0 Å². The number of hydrogen-bond donors (Lipinski definition) is 2. The number of fused-ring (bicyclic) bond motifs is 2. The van der Waals surface area contributed by atoms with Gasteiger partial charge in [0.25, 0.3) is 12.1 Å². The molecule has 186 valence electrons. The van der Waals surface area contributed by atoms with E-state index >= 15 is 0 Å². The topological polar surface area (TPSA) is 91.2 Å². The number of anilines is 2. The second-order valence-electron chi connectivity index (χ2n) is 8.35. The van der Waals surface area contributed by atoms with Gasteiger partial charge in [-0.15, -0.1) is 0 Å². The highest BCUT2D eigenvalue weighted by molar-refractivity contribution is 9.09. The molecule has 3 heterocycles. The lowest BCUT2D eigenvalue weighted by molar-refractivity contribution is -0.394. The van der Waals surface area contributed by atoms with Crippen LogP contribution < -0.4 is 29.8 Å². The first-order chi connectivity index (χ1) is 17.1. The molecule has 0 saturated carbocycles. The molecule has 11 heteroatoms. The number of H-pyrrole nitrogens is 1. The zero-order valence-corrected chi connectivity index (χ0v) is 21.0. The fourth-order valence-corrected chi connectivity index (χ4v) is 4.55. The molecule has 1 aliphatic carbocycles. The van der Waals surface area contributed by atoms with Gasteiger partial charge in [-0.3, -0.25) is 4.90 Å². The molecule has 2 aliphatic heterocycles. The minimum absolute atomic E-state index is 0.0153. The number of ether oxygens (including phenoxy) is 4. The molecule has 3 aliphatic rings. The Balaban J connectivity index is 1.34. The highest BCUT2D eigenvalue weighted by Crippen LogP contribution is 2.41. The van der Waals surface area contributed by atoms with Crippen molar-refractivity contribution in [3.8, 4) is 23.1 Å². The Morgan fingerprint density at radius 2 is 2.17 bits per heavy atom. The van der Waals surface area contributed by atoms with Crippen LogP contribution in [0.4, 0.5) is 15.9 Å². The number of benzene rings is 1. The number of aromatic nitrogens is 2. The Labute approximate surface area is 211 Å². The standard InChI is InChI=1S/C24H27BrFN5O4/c1-32-20-10-15-13-27-22-23(30-18-3-2-16(25)11-17(18)26)28-14-29-24(22)35-19(15)12-21(20)34-9-6-31-4-7-33-8-5-31/h2-3,10,12,14,16,27H,4-9,11,13H2,1H3,(H,28,29,30)/p+1. The highest BCUT2D eigenvalue weighted by atomic mass is 79.9. The van der Waals surface area contributed by atoms with E-state index in [0.717, 1.165) is 38.4 Å². The first-order valence-corrected chi connectivity index (χ1v) is 12.5. The molecule has 0 bridgehead atoms. The van der Waals surface area contributed by atoms with E-state index in [1.165, 1.54) is 6.33 Å². The summed E-state index contributed by atoms with van der Waals surface area (Å²) < 4.78 is 37.7. The molecule has 1 fully saturated rings. The summed E-state index contributed by atoms with van der Waals surface area (Å²) in [6.45, 7) is 5.11. The van der Waals surface area contributed by atoms with E-state index in [0.29, 0.717) is 53.5 Å². The summed E-state index contributed by atoms with van der Waals surface area (Å²) in [4.78, 5) is 9.69. The van der Waals surface area contributed by atoms with E-state index in [1.807, 2.05) is 18.2 Å². The van der Waals surface area contributed by atoms with Crippen molar-refractivity contribution in [2.24, 2.45) is 0 Å². The third-order valence-corrected chi connectivity index (χ3v) is 6.66. The molecular formula is C24H28BrFN5O4+. The van der Waals surface area contributed by atoms with Crippen molar-refractivity contribution in [3.63, 3.8) is 0 Å². The summed E-state index contributed by atoms with van der Waals surface area (Å²) in [5, 5.41) is 6.43. The first-order valence-electron chi connectivity index (χ1n) is 11.5. The summed E-state index contributed by atoms with van der Waals surface area (Å²) in [6, 6.07) is 3.74. The van der Waals surface area contributed by atoms with Gasteiger partial charge in [-0.1, -0.05) is 22.0 Å². The lowest BCUT2D eigenvalue weighted by atomic mass is 10.1. The molecular weight excluding hydrogens is 521 g/mol. The number of allylic oxidation sites excluding steroid dienone is 3. The molecule has 5 rings (SSSR count). The molecule has 1 aromatic heterocycles. The number of nitrogens with zero attached hydrogens (tertiary/aromatic N) is 2. The molecule has 3 N–H and O–H groups in total. The molecule has 1 atom stereocenters. The van der Waals surface area contributed by atoms with Gasteiger partial charge in [-0.25, -0.2) is 9.37 Å². The van der Waals surface area contributed by atoms with Crippen LogP contribution in [-0.4, -0.2) is 61.3 Å². The maximum atomic E-state index is 14.5. The number of alkyl halides is 1. The van der Waals surface area contributed by atoms with E-state index in [1.54, 1.807) is 13.2 Å². The van der Waals surface area contributed by atoms with E-state index in [2.05, 4.69) is 41.4 Å². The highest BCUT2D eigenvalue weighted by Gasteiger charge is 2.27. The van der Waals surface area contributed by atoms with Crippen LogP contribution in [0.2, 0.25) is 0 Å². The van der Waals surface area contributed by atoms with Crippen molar-refractivity contribution in [1.29, 1.82) is 0 Å². The SMILES string of the molecule is COc1cc2c(cc1OCCN1CCOCC1)Oc1[nH+]cnc(NC3=C(F)CC(Br)C=C3)c1NC2. The van der Waals surface area contributed by atoms with Crippen LogP contribution in [0.1, 0.15) is 12.0 Å². The summed E-state index contributed by atoms with van der Waals surface area (Å²) in [5.74, 6) is 2.56. The third kappa shape index (κ3) is 5.52. The van der Waals surface area contributed by atoms with Crippen LogP contribution in [-0.2, 0) is 11.3 Å². The molecule has 35 heavy (non-hydrogen) atoms. The lowest BCUT2D eigenvalue weighted by Gasteiger charge is -2.26. The van der Waals surface area contributed by atoms with Crippen LogP contribution >= 0.6 is 15.9 Å². The average molecular weight is 549 g/mol. The second-order valence-corrected chi connectivity index (χ2v) is 9.52. The zero-order valence-electron chi connectivity index (χ0n) is 19.4. The van der Waals surface area contributed by atoms with Crippen LogP contribution in [0.15, 0.2) is 42.1 Å². The minimum atomic E-state index is -0.237. The predicted molar refractivity (Wildman–Crippen MR) is 132 cm³/mol. The fraction of sp³-hybridized carbons (Fsp3) is 0.417. The van der Waals surface area contributed by atoms with Crippen molar-refractivity contribution < 1.29 is 28.3 Å². The van der Waals surface area contributed by atoms with Crippen molar-refractivity contribution >= 4 is 27.4 Å². The number of aromatic amines is 1. The summed E-state index contributed by atoms with van der Waals surface area (Å²) in [7, 11) is 1.62. The largest absolute Gasteiger partial charge is 0.493 e. The molecule has 0 spiro atoms. The first kappa shape index (κ1) is 23.8. The van der Waals surface area contributed by atoms with Crippen LogP contribution in [0.25, 0.3) is 0 Å². The van der Waals surface area contributed by atoms with Gasteiger partial charge in [0, 0.05) is 49.1 Å². The molecule has 1 saturated heterocycles. The number of nitrogens with one attached hydrogen (secondary N) is 3. The van der Waals surface area contributed by atoms with Gasteiger partial charge in [0.1, 0.15) is 18.2 Å². The maximum absolute atomic E-state index is 14.5. The van der Waals surface area contributed by atoms with Crippen LogP contribution in [0.5, 0.6) is 23.1 Å². The Kier molecular flexibility index (Phi) is 7.35. The van der Waals surface area contributed by atoms with Crippen molar-refractivity contribution in [2.75, 3.05) is 57.2 Å². The van der Waals surface area contributed by atoms with Crippen molar-refractivity contribution in [3.05, 3.63) is 47.7 Å². The van der Waals surface area contributed by atoms with Gasteiger partial charge in [0.05, 0.1) is 26.0 Å². The molecule has 0 radical (unpaired) electrons. The van der Waals surface area contributed by atoms with E-state index < -0.39 is 0 Å². The smallest absolute Gasteiger partial charge is 0.317 e. The molecule has 2 aromatic rings.